The van der Waals surface area contributed by atoms with Crippen LogP contribution < -0.4 is 4.89 Å². The number of thiol groups is 2. The third-order valence-corrected chi connectivity index (χ3v) is 3.25. The van der Waals surface area contributed by atoms with Crippen LogP contribution in [0, 0.1) is 0 Å². The van der Waals surface area contributed by atoms with Crippen LogP contribution in [-0.2, 0) is 22.0 Å². The third kappa shape index (κ3) is 10.6. The van der Waals surface area contributed by atoms with Crippen molar-refractivity contribution in [2.24, 2.45) is 0 Å². The van der Waals surface area contributed by atoms with E-state index in [4.69, 9.17) is 4.52 Å². The van der Waals surface area contributed by atoms with Crippen LogP contribution in [0.2, 0.25) is 0 Å². The fraction of sp³-hybridized carbons (Fsp3) is 1.00. The molecule has 0 aromatic rings. The van der Waals surface area contributed by atoms with Crippen LogP contribution in [0.1, 0.15) is 0 Å². The Hall–Kier alpha value is 0.690. The molecule has 0 spiro atoms. The molecular formula is C8H20NO6PS2. The molecule has 0 aliphatic rings. The molecule has 0 amide bonds. The summed E-state index contributed by atoms with van der Waals surface area (Å²) in [4.78, 5) is 11.4. The molecule has 0 heterocycles. The normalized spacial score (nSPS) is 17.4. The minimum Gasteiger partial charge on any atom is -0.756 e. The maximum atomic E-state index is 11.4. The quantitative estimate of drug-likeness (QED) is 0.261. The van der Waals surface area contributed by atoms with Gasteiger partial charge >= 0.3 is 0 Å². The van der Waals surface area contributed by atoms with Gasteiger partial charge in [0.1, 0.15) is 19.3 Å². The molecule has 0 aliphatic heterocycles. The van der Waals surface area contributed by atoms with Crippen molar-refractivity contribution in [3.8, 4) is 0 Å². The summed E-state index contributed by atoms with van der Waals surface area (Å²) in [6.07, 6.45) is -0.643. The Morgan fingerprint density at radius 1 is 1.22 bits per heavy atom. The second-order valence-corrected chi connectivity index (χ2v) is 6.49. The van der Waals surface area contributed by atoms with Gasteiger partial charge in [0.2, 0.25) is 0 Å². The van der Waals surface area contributed by atoms with E-state index in [1.54, 1.807) is 0 Å². The van der Waals surface area contributed by atoms with Crippen molar-refractivity contribution in [3.63, 3.8) is 0 Å². The van der Waals surface area contributed by atoms with Gasteiger partial charge in [-0.05, 0) is 25.8 Å². The molecule has 10 heteroatoms. The molecule has 0 radical (unpaired) electrons. The molecule has 2 atom stereocenters. The highest BCUT2D eigenvalue weighted by molar-refractivity contribution is 7.75. The van der Waals surface area contributed by atoms with E-state index in [1.165, 1.54) is 0 Å². The monoisotopic (exact) mass is 321 g/mol. The first kappa shape index (κ1) is 18.7. The third-order valence-electron chi connectivity index (χ3n) is 1.84. The fourth-order valence-corrected chi connectivity index (χ4v) is 1.85. The number of phosphoric acid groups is 1. The minimum absolute atomic E-state index is 0.0471. The molecule has 0 N–H and O–H groups in total. The van der Waals surface area contributed by atoms with E-state index in [0.717, 1.165) is 0 Å². The Morgan fingerprint density at radius 3 is 2.28 bits per heavy atom. The van der Waals surface area contributed by atoms with Crippen LogP contribution in [0.25, 0.3) is 0 Å². The van der Waals surface area contributed by atoms with E-state index in [0.29, 0.717) is 11.0 Å². The molecule has 1 unspecified atom stereocenters. The van der Waals surface area contributed by atoms with Gasteiger partial charge in [-0.3, -0.25) is 4.57 Å². The van der Waals surface area contributed by atoms with Gasteiger partial charge in [-0.15, -0.1) is 0 Å². The second kappa shape index (κ2) is 8.78. The SMILES string of the molecule is C[N+](C)(C)CCOP(=O)([O-])OC[C@@H](COS)OS. The first-order valence-electron chi connectivity index (χ1n) is 5.17. The highest BCUT2D eigenvalue weighted by atomic mass is 32.1. The lowest BCUT2D eigenvalue weighted by atomic mass is 10.4. The van der Waals surface area contributed by atoms with Gasteiger partial charge in [-0.1, -0.05) is 0 Å². The summed E-state index contributed by atoms with van der Waals surface area (Å²) in [5.41, 5.74) is 0. The molecule has 0 fully saturated rings. The molecule has 0 saturated heterocycles. The van der Waals surface area contributed by atoms with Gasteiger partial charge in [0.15, 0.2) is 0 Å². The lowest BCUT2D eigenvalue weighted by molar-refractivity contribution is -0.870. The highest BCUT2D eigenvalue weighted by Gasteiger charge is 2.16. The summed E-state index contributed by atoms with van der Waals surface area (Å²) in [7, 11) is 1.45. The summed E-state index contributed by atoms with van der Waals surface area (Å²) >= 11 is 7.08. The largest absolute Gasteiger partial charge is 0.756 e. The van der Waals surface area contributed by atoms with Crippen molar-refractivity contribution in [1.82, 2.24) is 0 Å². The molecule has 0 aromatic carbocycles. The maximum absolute atomic E-state index is 11.4. The Bertz CT molecular complexity index is 275. The first-order chi connectivity index (χ1) is 8.20. The van der Waals surface area contributed by atoms with Crippen molar-refractivity contribution in [3.05, 3.63) is 0 Å². The molecule has 0 aromatic heterocycles. The maximum Gasteiger partial charge on any atom is 0.268 e. The van der Waals surface area contributed by atoms with Crippen LogP contribution in [0.5, 0.6) is 0 Å². The van der Waals surface area contributed by atoms with E-state index < -0.39 is 13.9 Å². The zero-order valence-electron chi connectivity index (χ0n) is 10.6. The van der Waals surface area contributed by atoms with Gasteiger partial charge < -0.3 is 26.8 Å². The topological polar surface area (TPSA) is 77.1 Å². The van der Waals surface area contributed by atoms with Gasteiger partial charge in [0.25, 0.3) is 7.82 Å². The van der Waals surface area contributed by atoms with Crippen LogP contribution >= 0.6 is 33.6 Å². The van der Waals surface area contributed by atoms with Gasteiger partial charge in [0, 0.05) is 0 Å². The van der Waals surface area contributed by atoms with E-state index in [2.05, 4.69) is 38.7 Å². The summed E-state index contributed by atoms with van der Waals surface area (Å²) in [6, 6.07) is 0. The number of quaternary nitrogens is 1. The predicted octanol–water partition coefficient (Wildman–Crippen LogP) is 0.286. The lowest BCUT2D eigenvalue weighted by Crippen LogP contribution is -2.37. The summed E-state index contributed by atoms with van der Waals surface area (Å²) < 4.78 is 30.4. The molecule has 7 nitrogen and oxygen atoms in total. The average molecular weight is 321 g/mol. The van der Waals surface area contributed by atoms with Crippen molar-refractivity contribution >= 4 is 33.6 Å². The van der Waals surface area contributed by atoms with E-state index in [1.807, 2.05) is 21.1 Å². The summed E-state index contributed by atoms with van der Waals surface area (Å²) in [5.74, 6) is 0. The standard InChI is InChI=1S/C8H20NO6PS2/c1-9(2,3)4-5-12-16(10,11)13-6-8(15-18)7-14-17/h8H,4-7H2,1-3H3,(H2-,10,11,17,18)/t8-/m0/s1. The second-order valence-electron chi connectivity index (χ2n) is 4.61. The fourth-order valence-electron chi connectivity index (χ4n) is 0.830. The van der Waals surface area contributed by atoms with Crippen molar-refractivity contribution < 1.29 is 31.4 Å². The van der Waals surface area contributed by atoms with E-state index >= 15 is 0 Å². The molecule has 0 aliphatic carbocycles. The van der Waals surface area contributed by atoms with Gasteiger partial charge in [-0.25, -0.2) is 0 Å². The number of rotatable bonds is 10. The Labute approximate surface area is 119 Å². The highest BCUT2D eigenvalue weighted by Crippen LogP contribution is 2.38. The lowest BCUT2D eigenvalue weighted by Gasteiger charge is -2.27. The number of nitrogens with zero attached hydrogens (tertiary/aromatic N) is 1. The molecule has 0 saturated carbocycles. The molecule has 18 heavy (non-hydrogen) atoms. The average Bonchev–Trinajstić information content (AvgIpc) is 2.22. The molecule has 110 valence electrons. The number of phosphoric ester groups is 1. The predicted molar refractivity (Wildman–Crippen MR) is 71.2 cm³/mol. The van der Waals surface area contributed by atoms with E-state index in [-0.39, 0.29) is 19.8 Å². The minimum atomic E-state index is -4.32. The molecule has 0 bridgehead atoms. The van der Waals surface area contributed by atoms with Crippen LogP contribution in [-0.4, -0.2) is 58.1 Å². The first-order valence-corrected chi connectivity index (χ1v) is 7.36. The van der Waals surface area contributed by atoms with Crippen LogP contribution in [0.4, 0.5) is 0 Å². The smallest absolute Gasteiger partial charge is 0.268 e. The Kier molecular flexibility index (Phi) is 9.12. The van der Waals surface area contributed by atoms with Crippen LogP contribution in [0.15, 0.2) is 0 Å². The van der Waals surface area contributed by atoms with Gasteiger partial charge in [0.05, 0.1) is 34.4 Å². The Morgan fingerprint density at radius 2 is 1.83 bits per heavy atom. The Balaban J connectivity index is 3.96. The summed E-state index contributed by atoms with van der Waals surface area (Å²) in [6.45, 7) is 0.405. The van der Waals surface area contributed by atoms with Gasteiger partial charge in [-0.2, -0.15) is 0 Å². The van der Waals surface area contributed by atoms with E-state index in [9.17, 15) is 9.46 Å². The van der Waals surface area contributed by atoms with Crippen LogP contribution in [0.3, 0.4) is 0 Å². The number of likely N-dealkylation sites (N-methyl/N-ethyl adjacent to an activating group) is 1. The van der Waals surface area contributed by atoms with Crippen molar-refractivity contribution in [2.75, 3.05) is 47.5 Å². The number of hydrogen-bond donors (Lipinski definition) is 2. The number of hydrogen-bond acceptors (Lipinski definition) is 8. The summed E-state index contributed by atoms with van der Waals surface area (Å²) in [5, 5.41) is 0. The zero-order valence-corrected chi connectivity index (χ0v) is 13.3. The zero-order chi connectivity index (χ0) is 14.2. The van der Waals surface area contributed by atoms with Crippen molar-refractivity contribution in [2.45, 2.75) is 6.10 Å². The van der Waals surface area contributed by atoms with Crippen molar-refractivity contribution in [1.29, 1.82) is 0 Å². The molecule has 0 rings (SSSR count). The molecular weight excluding hydrogens is 301 g/mol.